The van der Waals surface area contributed by atoms with Gasteiger partial charge in [-0.15, -0.1) is 0 Å². The Morgan fingerprint density at radius 1 is 0.923 bits per heavy atom. The van der Waals surface area contributed by atoms with Gasteiger partial charge in [0.2, 0.25) is 0 Å². The molecular formula is C21H26O5. The molecule has 0 atom stereocenters. The minimum absolute atomic E-state index is 0.165. The zero-order valence-electron chi connectivity index (χ0n) is 15.7. The maximum atomic E-state index is 12.4. The predicted molar refractivity (Wildman–Crippen MR) is 102 cm³/mol. The third kappa shape index (κ3) is 5.62. The number of methoxy groups -OCH3 is 3. The monoisotopic (exact) mass is 358 g/mol. The van der Waals surface area contributed by atoms with E-state index in [1.807, 2.05) is 49.4 Å². The number of hydrogen-bond donors (Lipinski definition) is 0. The van der Waals surface area contributed by atoms with Gasteiger partial charge < -0.3 is 14.2 Å². The molecule has 1 aromatic rings. The lowest BCUT2D eigenvalue weighted by Crippen LogP contribution is -2.40. The number of carbonyl (C=O) groups excluding carboxylic acids is 2. The fourth-order valence-corrected chi connectivity index (χ4v) is 2.46. The summed E-state index contributed by atoms with van der Waals surface area (Å²) in [4.78, 5) is 24.8. The van der Waals surface area contributed by atoms with Gasteiger partial charge in [-0.25, -0.2) is 0 Å². The number of esters is 2. The van der Waals surface area contributed by atoms with Crippen LogP contribution in [0.1, 0.15) is 25.3 Å². The van der Waals surface area contributed by atoms with Crippen molar-refractivity contribution in [2.24, 2.45) is 5.41 Å². The van der Waals surface area contributed by atoms with Crippen molar-refractivity contribution >= 4 is 18.0 Å². The van der Waals surface area contributed by atoms with Crippen LogP contribution < -0.4 is 4.74 Å². The summed E-state index contributed by atoms with van der Waals surface area (Å²) in [7, 11) is 4.14. The van der Waals surface area contributed by atoms with E-state index >= 15 is 0 Å². The highest BCUT2D eigenvalue weighted by Gasteiger charge is 2.46. The van der Waals surface area contributed by atoms with Crippen LogP contribution in [0.3, 0.4) is 0 Å². The fraction of sp³-hybridized carbons (Fsp3) is 0.333. The van der Waals surface area contributed by atoms with E-state index in [1.54, 1.807) is 25.3 Å². The van der Waals surface area contributed by atoms with Crippen LogP contribution in [0.15, 0.2) is 54.6 Å². The number of carbonyl (C=O) groups is 2. The molecule has 0 saturated heterocycles. The van der Waals surface area contributed by atoms with Crippen molar-refractivity contribution in [3.05, 3.63) is 60.2 Å². The van der Waals surface area contributed by atoms with E-state index < -0.39 is 17.4 Å². The average Bonchev–Trinajstić information content (AvgIpc) is 2.69. The number of allylic oxidation sites excluding steroid dienone is 5. The summed E-state index contributed by atoms with van der Waals surface area (Å²) in [5.41, 5.74) is -0.483. The van der Waals surface area contributed by atoms with Crippen LogP contribution in [-0.2, 0) is 19.1 Å². The Labute approximate surface area is 155 Å². The van der Waals surface area contributed by atoms with Gasteiger partial charge in [0.05, 0.1) is 21.3 Å². The molecule has 0 aliphatic heterocycles. The first-order valence-corrected chi connectivity index (χ1v) is 8.29. The summed E-state index contributed by atoms with van der Waals surface area (Å²) < 4.78 is 14.9. The lowest BCUT2D eigenvalue weighted by atomic mass is 9.80. The van der Waals surface area contributed by atoms with Crippen LogP contribution in [0.25, 0.3) is 6.08 Å². The first kappa shape index (κ1) is 21.2. The number of rotatable bonds is 9. The summed E-state index contributed by atoms with van der Waals surface area (Å²) in [5.74, 6) is -0.475. The van der Waals surface area contributed by atoms with E-state index in [0.29, 0.717) is 0 Å². The molecule has 0 bridgehead atoms. The zero-order valence-corrected chi connectivity index (χ0v) is 15.7. The highest BCUT2D eigenvalue weighted by Crippen LogP contribution is 2.32. The zero-order chi connectivity index (χ0) is 19.4. The molecule has 26 heavy (non-hydrogen) atoms. The molecule has 1 aromatic carbocycles. The Balaban J connectivity index is 3.06. The molecule has 5 nitrogen and oxygen atoms in total. The van der Waals surface area contributed by atoms with Gasteiger partial charge in [0, 0.05) is 0 Å². The van der Waals surface area contributed by atoms with E-state index in [9.17, 15) is 9.59 Å². The Kier molecular flexibility index (Phi) is 8.92. The normalized spacial score (nSPS) is 12.0. The van der Waals surface area contributed by atoms with Crippen molar-refractivity contribution in [1.82, 2.24) is 0 Å². The van der Waals surface area contributed by atoms with Gasteiger partial charge in [0.25, 0.3) is 0 Å². The number of benzene rings is 1. The number of ether oxygens (including phenoxy) is 3. The maximum Gasteiger partial charge on any atom is 0.323 e. The van der Waals surface area contributed by atoms with E-state index in [1.165, 1.54) is 14.2 Å². The summed E-state index contributed by atoms with van der Waals surface area (Å²) in [6.45, 7) is 1.88. The Bertz CT molecular complexity index is 652. The molecule has 0 N–H and O–H groups in total. The second-order valence-corrected chi connectivity index (χ2v) is 5.60. The Morgan fingerprint density at radius 3 is 2.00 bits per heavy atom. The van der Waals surface area contributed by atoms with Crippen molar-refractivity contribution in [2.75, 3.05) is 21.3 Å². The van der Waals surface area contributed by atoms with Gasteiger partial charge in [-0.2, -0.15) is 0 Å². The largest absolute Gasteiger partial charge is 0.497 e. The van der Waals surface area contributed by atoms with Crippen LogP contribution in [0, 0.1) is 5.41 Å². The van der Waals surface area contributed by atoms with Gasteiger partial charge in [0.15, 0.2) is 5.41 Å². The standard InChI is InChI=1S/C21H26O5/c1-5-6-7-8-15-21(19(22)25-3,20(23)26-4)16-9-10-17-11-13-18(24-2)14-12-17/h5-14H,15-16H2,1-4H3/b6-5+,8-7-,10-9+. The second kappa shape index (κ2) is 10.9. The lowest BCUT2D eigenvalue weighted by Gasteiger charge is -2.25. The molecule has 0 fully saturated rings. The average molecular weight is 358 g/mol. The molecule has 0 heterocycles. The van der Waals surface area contributed by atoms with Crippen molar-refractivity contribution in [3.8, 4) is 5.75 Å². The van der Waals surface area contributed by atoms with Crippen LogP contribution >= 0.6 is 0 Å². The predicted octanol–water partition coefficient (Wildman–Crippen LogP) is 3.95. The minimum atomic E-state index is -1.41. The van der Waals surface area contributed by atoms with Gasteiger partial charge in [-0.05, 0) is 37.5 Å². The SMILES string of the molecule is C/C=C/C=C\CC(C/C=C/c1ccc(OC)cc1)(C(=O)OC)C(=O)OC. The van der Waals surface area contributed by atoms with Crippen LogP contribution in [0.2, 0.25) is 0 Å². The van der Waals surface area contributed by atoms with Crippen LogP contribution in [0.4, 0.5) is 0 Å². The van der Waals surface area contributed by atoms with Crippen LogP contribution in [-0.4, -0.2) is 33.3 Å². The van der Waals surface area contributed by atoms with Crippen molar-refractivity contribution in [2.45, 2.75) is 19.8 Å². The molecule has 0 saturated carbocycles. The fourth-order valence-electron chi connectivity index (χ4n) is 2.46. The maximum absolute atomic E-state index is 12.4. The Morgan fingerprint density at radius 2 is 1.50 bits per heavy atom. The lowest BCUT2D eigenvalue weighted by molar-refractivity contribution is -0.168. The van der Waals surface area contributed by atoms with Crippen molar-refractivity contribution in [3.63, 3.8) is 0 Å². The molecule has 0 aliphatic carbocycles. The number of hydrogen-bond acceptors (Lipinski definition) is 5. The third-order valence-electron chi connectivity index (χ3n) is 3.95. The van der Waals surface area contributed by atoms with E-state index in [2.05, 4.69) is 0 Å². The minimum Gasteiger partial charge on any atom is -0.497 e. The van der Waals surface area contributed by atoms with E-state index in [4.69, 9.17) is 14.2 Å². The molecule has 0 radical (unpaired) electrons. The van der Waals surface area contributed by atoms with E-state index in [-0.39, 0.29) is 12.8 Å². The van der Waals surface area contributed by atoms with E-state index in [0.717, 1.165) is 11.3 Å². The third-order valence-corrected chi connectivity index (χ3v) is 3.95. The van der Waals surface area contributed by atoms with Crippen molar-refractivity contribution < 1.29 is 23.8 Å². The summed E-state index contributed by atoms with van der Waals surface area (Å²) in [6, 6.07) is 7.46. The first-order chi connectivity index (χ1) is 12.5. The molecule has 0 unspecified atom stereocenters. The molecule has 0 aromatic heterocycles. The van der Waals surface area contributed by atoms with Crippen LogP contribution in [0.5, 0.6) is 5.75 Å². The highest BCUT2D eigenvalue weighted by molar-refractivity contribution is 6.00. The molecule has 0 spiro atoms. The van der Waals surface area contributed by atoms with Crippen molar-refractivity contribution in [1.29, 1.82) is 0 Å². The summed E-state index contributed by atoms with van der Waals surface area (Å²) in [5, 5.41) is 0. The summed E-state index contributed by atoms with van der Waals surface area (Å²) in [6.07, 6.45) is 11.2. The first-order valence-electron chi connectivity index (χ1n) is 8.29. The molecule has 1 rings (SSSR count). The molecule has 0 amide bonds. The quantitative estimate of drug-likeness (QED) is 0.380. The van der Waals surface area contributed by atoms with Gasteiger partial charge >= 0.3 is 11.9 Å². The molecule has 0 aliphatic rings. The molecular weight excluding hydrogens is 332 g/mol. The summed E-state index contributed by atoms with van der Waals surface area (Å²) >= 11 is 0. The van der Waals surface area contributed by atoms with Gasteiger partial charge in [-0.3, -0.25) is 9.59 Å². The van der Waals surface area contributed by atoms with Gasteiger partial charge in [-0.1, -0.05) is 48.6 Å². The Hall–Kier alpha value is -2.82. The highest BCUT2D eigenvalue weighted by atomic mass is 16.5. The molecule has 5 heteroatoms. The smallest absolute Gasteiger partial charge is 0.323 e. The molecule has 140 valence electrons. The second-order valence-electron chi connectivity index (χ2n) is 5.60. The van der Waals surface area contributed by atoms with Gasteiger partial charge in [0.1, 0.15) is 5.75 Å². The topological polar surface area (TPSA) is 61.8 Å².